The summed E-state index contributed by atoms with van der Waals surface area (Å²) in [6.45, 7) is 2.88. The molecule has 2 aliphatic heterocycles. The summed E-state index contributed by atoms with van der Waals surface area (Å²) in [5, 5.41) is 5.35. The predicted octanol–water partition coefficient (Wildman–Crippen LogP) is 4.62. The van der Waals surface area contributed by atoms with Crippen molar-refractivity contribution in [2.45, 2.75) is 25.4 Å². The zero-order valence-electron chi connectivity index (χ0n) is 17.0. The van der Waals surface area contributed by atoms with Gasteiger partial charge in [0.25, 0.3) is 5.91 Å². The third kappa shape index (κ3) is 3.37. The van der Waals surface area contributed by atoms with Crippen LogP contribution in [0, 0.1) is 0 Å². The van der Waals surface area contributed by atoms with Crippen molar-refractivity contribution in [2.75, 3.05) is 13.2 Å². The van der Waals surface area contributed by atoms with Crippen LogP contribution in [-0.2, 0) is 16.9 Å². The molecule has 0 radical (unpaired) electrons. The molecule has 0 aromatic heterocycles. The van der Waals surface area contributed by atoms with Crippen LogP contribution in [0.15, 0.2) is 54.6 Å². The highest BCUT2D eigenvalue weighted by atomic mass is 35.5. The lowest BCUT2D eigenvalue weighted by molar-refractivity contribution is -0.131. The van der Waals surface area contributed by atoms with Crippen molar-refractivity contribution in [1.82, 2.24) is 10.2 Å². The van der Waals surface area contributed by atoms with Crippen LogP contribution < -0.4 is 14.8 Å². The number of urea groups is 1. The average Bonchev–Trinajstić information content (AvgIpc) is 2.93. The highest BCUT2D eigenvalue weighted by Crippen LogP contribution is 2.39. The van der Waals surface area contributed by atoms with E-state index in [-0.39, 0.29) is 12.5 Å². The van der Waals surface area contributed by atoms with Gasteiger partial charge in [0.1, 0.15) is 5.54 Å². The van der Waals surface area contributed by atoms with Gasteiger partial charge in [-0.3, -0.25) is 9.69 Å². The zero-order valence-corrected chi connectivity index (χ0v) is 17.7. The molecule has 3 aromatic carbocycles. The maximum Gasteiger partial charge on any atom is 0.325 e. The predicted molar refractivity (Wildman–Crippen MR) is 117 cm³/mol. The maximum absolute atomic E-state index is 13.4. The highest BCUT2D eigenvalue weighted by Gasteiger charge is 2.49. The van der Waals surface area contributed by atoms with Gasteiger partial charge in [-0.1, -0.05) is 48.0 Å². The number of carbonyl (C=O) groups excluding carboxylic acids is 2. The SMILES string of the molecule is C[C@]1(c2ccc3ccccc3c2)NC(=O)N(Cc2cc(Cl)c3c(c2)OCCCO3)C1=O. The lowest BCUT2D eigenvalue weighted by Crippen LogP contribution is -2.40. The van der Waals surface area contributed by atoms with Crippen molar-refractivity contribution in [1.29, 1.82) is 0 Å². The van der Waals surface area contributed by atoms with E-state index in [2.05, 4.69) is 5.32 Å². The van der Waals surface area contributed by atoms with Crippen LogP contribution in [0.2, 0.25) is 5.02 Å². The van der Waals surface area contributed by atoms with Crippen LogP contribution in [0.5, 0.6) is 11.5 Å². The summed E-state index contributed by atoms with van der Waals surface area (Å²) in [5.41, 5.74) is 0.292. The second-order valence-electron chi connectivity index (χ2n) is 7.96. The number of amides is 3. The number of benzene rings is 3. The van der Waals surface area contributed by atoms with Crippen molar-refractivity contribution in [3.8, 4) is 11.5 Å². The fourth-order valence-electron chi connectivity index (χ4n) is 4.09. The summed E-state index contributed by atoms with van der Waals surface area (Å²) < 4.78 is 11.4. The van der Waals surface area contributed by atoms with E-state index in [9.17, 15) is 9.59 Å². The molecule has 1 N–H and O–H groups in total. The fourth-order valence-corrected chi connectivity index (χ4v) is 4.38. The Morgan fingerprint density at radius 3 is 2.65 bits per heavy atom. The Balaban J connectivity index is 1.45. The molecule has 3 aromatic rings. The molecule has 7 heteroatoms. The molecule has 1 atom stereocenters. The van der Waals surface area contributed by atoms with Gasteiger partial charge in [-0.15, -0.1) is 0 Å². The second kappa shape index (κ2) is 7.46. The molecule has 6 nitrogen and oxygen atoms in total. The monoisotopic (exact) mass is 436 g/mol. The minimum Gasteiger partial charge on any atom is -0.489 e. The molecule has 0 spiro atoms. The zero-order chi connectivity index (χ0) is 21.6. The van der Waals surface area contributed by atoms with Crippen LogP contribution in [0.1, 0.15) is 24.5 Å². The fraction of sp³-hybridized carbons (Fsp3) is 0.250. The Kier molecular flexibility index (Phi) is 4.74. The van der Waals surface area contributed by atoms with E-state index >= 15 is 0 Å². The van der Waals surface area contributed by atoms with E-state index in [1.54, 1.807) is 19.1 Å². The summed E-state index contributed by atoms with van der Waals surface area (Å²) in [4.78, 5) is 27.3. The van der Waals surface area contributed by atoms with E-state index in [0.717, 1.165) is 22.8 Å². The lowest BCUT2D eigenvalue weighted by atomic mass is 9.90. The summed E-state index contributed by atoms with van der Waals surface area (Å²) in [6.07, 6.45) is 0.761. The number of hydrogen-bond donors (Lipinski definition) is 1. The van der Waals surface area contributed by atoms with Gasteiger partial charge in [0.2, 0.25) is 0 Å². The molecule has 2 heterocycles. The van der Waals surface area contributed by atoms with Crippen LogP contribution in [0.3, 0.4) is 0 Å². The first-order valence-corrected chi connectivity index (χ1v) is 10.5. The third-order valence-corrected chi connectivity index (χ3v) is 6.09. The number of ether oxygens (including phenoxy) is 2. The molecule has 5 rings (SSSR count). The number of halogens is 1. The molecule has 1 fully saturated rings. The Hall–Kier alpha value is -3.25. The molecule has 1 saturated heterocycles. The first kappa shape index (κ1) is 19.7. The highest BCUT2D eigenvalue weighted by molar-refractivity contribution is 6.32. The topological polar surface area (TPSA) is 67.9 Å². The van der Waals surface area contributed by atoms with E-state index in [1.807, 2.05) is 42.5 Å². The van der Waals surface area contributed by atoms with Gasteiger partial charge in [0, 0.05) is 6.42 Å². The number of imide groups is 1. The molecule has 3 amide bonds. The maximum atomic E-state index is 13.4. The van der Waals surface area contributed by atoms with Gasteiger partial charge in [0.15, 0.2) is 11.5 Å². The van der Waals surface area contributed by atoms with Gasteiger partial charge >= 0.3 is 6.03 Å². The van der Waals surface area contributed by atoms with Crippen LogP contribution >= 0.6 is 11.6 Å². The molecular formula is C24H21ClN2O4. The van der Waals surface area contributed by atoms with Crippen molar-refractivity contribution in [3.05, 3.63) is 70.7 Å². The second-order valence-corrected chi connectivity index (χ2v) is 8.37. The smallest absolute Gasteiger partial charge is 0.325 e. The summed E-state index contributed by atoms with van der Waals surface area (Å²) in [5.74, 6) is 0.724. The van der Waals surface area contributed by atoms with E-state index in [4.69, 9.17) is 21.1 Å². The van der Waals surface area contributed by atoms with E-state index in [1.165, 1.54) is 4.90 Å². The minimum absolute atomic E-state index is 0.0875. The number of nitrogens with one attached hydrogen (secondary N) is 1. The Labute approximate surface area is 184 Å². The third-order valence-electron chi connectivity index (χ3n) is 5.80. The van der Waals surface area contributed by atoms with Gasteiger partial charge in [-0.2, -0.15) is 0 Å². The molecule has 0 saturated carbocycles. The van der Waals surface area contributed by atoms with E-state index in [0.29, 0.717) is 35.3 Å². The normalized spacial score (nSPS) is 20.6. The molecule has 31 heavy (non-hydrogen) atoms. The molecule has 0 aliphatic carbocycles. The first-order chi connectivity index (χ1) is 15.0. The molecular weight excluding hydrogens is 416 g/mol. The molecule has 2 aliphatic rings. The first-order valence-electron chi connectivity index (χ1n) is 10.2. The number of rotatable bonds is 3. The number of fused-ring (bicyclic) bond motifs is 2. The van der Waals surface area contributed by atoms with Gasteiger partial charge < -0.3 is 14.8 Å². The summed E-state index contributed by atoms with van der Waals surface area (Å²) >= 11 is 6.38. The Bertz CT molecular complexity index is 1210. The molecule has 0 unspecified atom stereocenters. The lowest BCUT2D eigenvalue weighted by Gasteiger charge is -2.23. The standard InChI is InChI=1S/C24H21ClN2O4/c1-24(18-8-7-16-5-2-3-6-17(16)13-18)22(28)27(23(29)26-24)14-15-11-19(25)21-20(12-15)30-9-4-10-31-21/h2-3,5-8,11-13H,4,9-10,14H2,1H3,(H,26,29)/t24-/m1/s1. The Morgan fingerprint density at radius 1 is 1.03 bits per heavy atom. The van der Waals surface area contributed by atoms with Crippen molar-refractivity contribution in [3.63, 3.8) is 0 Å². The molecule has 158 valence electrons. The summed E-state index contributed by atoms with van der Waals surface area (Å²) in [6, 6.07) is 16.7. The minimum atomic E-state index is -1.14. The van der Waals surface area contributed by atoms with Crippen molar-refractivity contribution >= 4 is 34.3 Å². The van der Waals surface area contributed by atoms with Gasteiger partial charge in [-0.25, -0.2) is 4.79 Å². The van der Waals surface area contributed by atoms with E-state index < -0.39 is 11.6 Å². The van der Waals surface area contributed by atoms with Crippen LogP contribution in [-0.4, -0.2) is 30.1 Å². The van der Waals surface area contributed by atoms with Crippen LogP contribution in [0.25, 0.3) is 10.8 Å². The van der Waals surface area contributed by atoms with Crippen molar-refractivity contribution in [2.24, 2.45) is 0 Å². The number of carbonyl (C=O) groups is 2. The quantitative estimate of drug-likeness (QED) is 0.608. The van der Waals surface area contributed by atoms with Crippen LogP contribution in [0.4, 0.5) is 4.79 Å². The number of hydrogen-bond acceptors (Lipinski definition) is 4. The van der Waals surface area contributed by atoms with Gasteiger partial charge in [-0.05, 0) is 47.0 Å². The summed E-state index contributed by atoms with van der Waals surface area (Å²) in [7, 11) is 0. The van der Waals surface area contributed by atoms with Gasteiger partial charge in [0.05, 0.1) is 24.8 Å². The average molecular weight is 437 g/mol. The molecule has 0 bridgehead atoms. The Morgan fingerprint density at radius 2 is 1.81 bits per heavy atom. The largest absolute Gasteiger partial charge is 0.489 e. The van der Waals surface area contributed by atoms with Crippen molar-refractivity contribution < 1.29 is 19.1 Å². The number of nitrogens with zero attached hydrogens (tertiary/aromatic N) is 1.